The summed E-state index contributed by atoms with van der Waals surface area (Å²) in [5.41, 5.74) is -2.22. The number of esters is 4. The second kappa shape index (κ2) is 22.9. The average molecular weight is 651 g/mol. The summed E-state index contributed by atoms with van der Waals surface area (Å²) >= 11 is 0. The van der Waals surface area contributed by atoms with Crippen LogP contribution in [-0.4, -0.2) is 62.7 Å². The van der Waals surface area contributed by atoms with Crippen LogP contribution in [0.4, 0.5) is 26.3 Å². The van der Waals surface area contributed by atoms with Crippen molar-refractivity contribution in [1.82, 2.24) is 0 Å². The van der Waals surface area contributed by atoms with E-state index in [-0.39, 0.29) is 12.8 Å². The highest BCUT2D eigenvalue weighted by molar-refractivity contribution is 5.76. The zero-order chi connectivity index (χ0) is 33.5. The Morgan fingerprint density at radius 1 is 0.455 bits per heavy atom. The summed E-state index contributed by atoms with van der Waals surface area (Å²) < 4.78 is 94.3. The maximum Gasteiger partial charge on any atom is 0.490 e. The van der Waals surface area contributed by atoms with E-state index in [0.29, 0.717) is 12.8 Å². The molecule has 0 fully saturated rings. The van der Waals surface area contributed by atoms with E-state index in [1.807, 2.05) is 0 Å². The molecule has 0 aromatic heterocycles. The number of ether oxygens (including phenoxy) is 4. The van der Waals surface area contributed by atoms with Gasteiger partial charge in [0.1, 0.15) is 31.8 Å². The first-order valence-corrected chi connectivity index (χ1v) is 15.5. The minimum Gasteiger partial charge on any atom is -0.465 e. The van der Waals surface area contributed by atoms with E-state index >= 15 is 0 Å². The van der Waals surface area contributed by atoms with Gasteiger partial charge in [-0.05, 0) is 6.42 Å². The van der Waals surface area contributed by atoms with Crippen molar-refractivity contribution in [2.45, 2.75) is 135 Å². The van der Waals surface area contributed by atoms with E-state index in [4.69, 9.17) is 9.47 Å². The average Bonchev–Trinajstić information content (AvgIpc) is 2.96. The Labute approximate surface area is 255 Å². The third kappa shape index (κ3) is 21.2. The van der Waals surface area contributed by atoms with Gasteiger partial charge >= 0.3 is 36.2 Å². The summed E-state index contributed by atoms with van der Waals surface area (Å²) in [5.74, 6) is -7.09. The fraction of sp³-hybridized carbons (Fsp3) is 0.867. The van der Waals surface area contributed by atoms with Gasteiger partial charge in [0.25, 0.3) is 0 Å². The van der Waals surface area contributed by atoms with Gasteiger partial charge in [-0.25, -0.2) is 9.59 Å². The highest BCUT2D eigenvalue weighted by atomic mass is 19.4. The number of halogens is 6. The van der Waals surface area contributed by atoms with E-state index in [1.54, 1.807) is 0 Å². The van der Waals surface area contributed by atoms with Crippen molar-refractivity contribution < 1.29 is 64.5 Å². The molecule has 8 nitrogen and oxygen atoms in total. The van der Waals surface area contributed by atoms with E-state index in [0.717, 1.165) is 25.7 Å². The molecule has 0 unspecified atom stereocenters. The van der Waals surface area contributed by atoms with Crippen LogP contribution in [-0.2, 0) is 38.1 Å². The first-order chi connectivity index (χ1) is 20.7. The Kier molecular flexibility index (Phi) is 21.6. The molecule has 14 heteroatoms. The monoisotopic (exact) mass is 650 g/mol. The first-order valence-electron chi connectivity index (χ1n) is 15.5. The van der Waals surface area contributed by atoms with Crippen molar-refractivity contribution in [2.75, 3.05) is 26.4 Å². The van der Waals surface area contributed by atoms with E-state index < -0.39 is 68.1 Å². The molecule has 0 aliphatic heterocycles. The van der Waals surface area contributed by atoms with Gasteiger partial charge in [0.2, 0.25) is 0 Å². The zero-order valence-corrected chi connectivity index (χ0v) is 25.9. The molecule has 0 saturated heterocycles. The molecular weight excluding hydrogens is 602 g/mol. The SMILES string of the molecule is CCCCCCCCCCCCCCCCCC(=O)OCC(COC(=O)CC)(COC(=O)C(F)(F)F)COC(=O)C(F)(F)F. The molecular formula is C30H48F6O8. The molecule has 0 bridgehead atoms. The molecule has 0 radical (unpaired) electrons. The fourth-order valence-corrected chi connectivity index (χ4v) is 4.13. The lowest BCUT2D eigenvalue weighted by Gasteiger charge is -2.31. The molecule has 44 heavy (non-hydrogen) atoms. The minimum atomic E-state index is -5.45. The summed E-state index contributed by atoms with van der Waals surface area (Å²) in [7, 11) is 0. The highest BCUT2D eigenvalue weighted by Crippen LogP contribution is 2.26. The van der Waals surface area contributed by atoms with E-state index in [2.05, 4.69) is 16.4 Å². The molecule has 258 valence electrons. The van der Waals surface area contributed by atoms with E-state index in [9.17, 15) is 45.5 Å². The molecule has 0 aliphatic carbocycles. The van der Waals surface area contributed by atoms with Crippen molar-refractivity contribution >= 4 is 23.9 Å². The minimum absolute atomic E-state index is 0.0895. The second-order valence-electron chi connectivity index (χ2n) is 11.0. The Bertz CT molecular complexity index is 799. The summed E-state index contributed by atoms with van der Waals surface area (Å²) in [6, 6.07) is 0. The van der Waals surface area contributed by atoms with Crippen LogP contribution in [0, 0.1) is 5.41 Å². The van der Waals surface area contributed by atoms with Gasteiger partial charge in [-0.2, -0.15) is 26.3 Å². The molecule has 0 aliphatic rings. The molecule has 0 atom stereocenters. The summed E-state index contributed by atoms with van der Waals surface area (Å²) in [5, 5.41) is 0. The summed E-state index contributed by atoms with van der Waals surface area (Å²) in [6.45, 7) is -0.970. The van der Waals surface area contributed by atoms with Gasteiger partial charge in [-0.1, -0.05) is 104 Å². The fourth-order valence-electron chi connectivity index (χ4n) is 4.13. The van der Waals surface area contributed by atoms with Gasteiger partial charge in [0.15, 0.2) is 0 Å². The van der Waals surface area contributed by atoms with Gasteiger partial charge in [0, 0.05) is 12.8 Å². The lowest BCUT2D eigenvalue weighted by atomic mass is 9.92. The normalized spacial score (nSPS) is 12.1. The Morgan fingerprint density at radius 3 is 1.11 bits per heavy atom. The van der Waals surface area contributed by atoms with Gasteiger partial charge in [-0.15, -0.1) is 0 Å². The molecule has 0 N–H and O–H groups in total. The quantitative estimate of drug-likeness (QED) is 0.0425. The predicted octanol–water partition coefficient (Wildman–Crippen LogP) is 7.94. The Balaban J connectivity index is 4.74. The van der Waals surface area contributed by atoms with Crippen molar-refractivity contribution in [1.29, 1.82) is 0 Å². The van der Waals surface area contributed by atoms with Crippen LogP contribution in [0.1, 0.15) is 123 Å². The smallest absolute Gasteiger partial charge is 0.465 e. The molecule has 0 spiro atoms. The summed E-state index contributed by atoms with van der Waals surface area (Å²) in [6.07, 6.45) is 5.46. The zero-order valence-electron chi connectivity index (χ0n) is 25.9. The molecule has 0 aromatic carbocycles. The van der Waals surface area contributed by atoms with Crippen molar-refractivity contribution in [3.63, 3.8) is 0 Å². The van der Waals surface area contributed by atoms with Gasteiger partial charge < -0.3 is 18.9 Å². The Morgan fingerprint density at radius 2 is 0.773 bits per heavy atom. The second-order valence-corrected chi connectivity index (χ2v) is 11.0. The number of alkyl halides is 6. The maximum atomic E-state index is 12.7. The van der Waals surface area contributed by atoms with Gasteiger partial charge in [-0.3, -0.25) is 9.59 Å². The predicted molar refractivity (Wildman–Crippen MR) is 148 cm³/mol. The third-order valence-electron chi connectivity index (χ3n) is 6.83. The third-order valence-corrected chi connectivity index (χ3v) is 6.83. The van der Waals surface area contributed by atoms with Crippen LogP contribution in [0.3, 0.4) is 0 Å². The lowest BCUT2D eigenvalue weighted by Crippen LogP contribution is -2.45. The van der Waals surface area contributed by atoms with Crippen molar-refractivity contribution in [2.24, 2.45) is 5.41 Å². The molecule has 0 amide bonds. The number of carbonyl (C=O) groups is 4. The van der Waals surface area contributed by atoms with Crippen LogP contribution < -0.4 is 0 Å². The molecule has 0 aromatic rings. The van der Waals surface area contributed by atoms with Crippen LogP contribution in [0.5, 0.6) is 0 Å². The number of hydrogen-bond donors (Lipinski definition) is 0. The first kappa shape index (κ1) is 41.5. The lowest BCUT2D eigenvalue weighted by molar-refractivity contribution is -0.214. The molecule has 0 saturated carbocycles. The maximum absolute atomic E-state index is 12.7. The van der Waals surface area contributed by atoms with Crippen LogP contribution in [0.2, 0.25) is 0 Å². The molecule has 0 rings (SSSR count). The van der Waals surface area contributed by atoms with Crippen molar-refractivity contribution in [3.8, 4) is 0 Å². The number of rotatable bonds is 25. The molecule has 0 heterocycles. The van der Waals surface area contributed by atoms with Crippen LogP contribution in [0.25, 0.3) is 0 Å². The van der Waals surface area contributed by atoms with Gasteiger partial charge in [0.05, 0.1) is 0 Å². The van der Waals surface area contributed by atoms with Crippen molar-refractivity contribution in [3.05, 3.63) is 0 Å². The van der Waals surface area contributed by atoms with E-state index in [1.165, 1.54) is 64.7 Å². The van der Waals surface area contributed by atoms with Crippen LogP contribution >= 0.6 is 0 Å². The largest absolute Gasteiger partial charge is 0.490 e. The van der Waals surface area contributed by atoms with Crippen LogP contribution in [0.15, 0.2) is 0 Å². The number of carbonyl (C=O) groups excluding carboxylic acids is 4. The topological polar surface area (TPSA) is 105 Å². The Hall–Kier alpha value is -2.54. The highest BCUT2D eigenvalue weighted by Gasteiger charge is 2.47. The number of unbranched alkanes of at least 4 members (excludes halogenated alkanes) is 14. The summed E-state index contributed by atoms with van der Waals surface area (Å²) in [4.78, 5) is 46.5. The number of hydrogen-bond acceptors (Lipinski definition) is 8. The standard InChI is InChI=1S/C30H48F6O8/c1-3-5-6-7-8-9-10-11-12-13-14-15-16-17-18-19-25(38)42-21-28(20-41-24(37)4-2,22-43-26(39)29(31,32)33)23-44-27(40)30(34,35)36/h3-23H2,1-2H3.